The van der Waals surface area contributed by atoms with Gasteiger partial charge in [0, 0.05) is 36.6 Å². The van der Waals surface area contributed by atoms with Gasteiger partial charge in [0.15, 0.2) is 11.5 Å². The number of aryl methyl sites for hydroxylation is 1. The van der Waals surface area contributed by atoms with Gasteiger partial charge in [0.05, 0.1) is 5.92 Å². The van der Waals surface area contributed by atoms with Crippen molar-refractivity contribution >= 4 is 35.5 Å². The summed E-state index contributed by atoms with van der Waals surface area (Å²) in [5, 5.41) is 10.5. The summed E-state index contributed by atoms with van der Waals surface area (Å²) in [7, 11) is 0. The van der Waals surface area contributed by atoms with E-state index in [0.29, 0.717) is 34.7 Å². The summed E-state index contributed by atoms with van der Waals surface area (Å²) in [4.78, 5) is 56.9. The van der Waals surface area contributed by atoms with Crippen molar-refractivity contribution < 1.29 is 28.7 Å². The van der Waals surface area contributed by atoms with E-state index in [0.717, 1.165) is 24.0 Å². The van der Waals surface area contributed by atoms with Crippen molar-refractivity contribution in [2.75, 3.05) is 6.54 Å². The van der Waals surface area contributed by atoms with Crippen LogP contribution in [0.4, 0.5) is 0 Å². The van der Waals surface area contributed by atoms with Crippen molar-refractivity contribution in [2.45, 2.75) is 53.2 Å². The normalized spacial score (nSPS) is 13.1. The van der Waals surface area contributed by atoms with E-state index in [1.54, 1.807) is 62.4 Å². The van der Waals surface area contributed by atoms with Crippen LogP contribution in [0.25, 0.3) is 17.2 Å². The van der Waals surface area contributed by atoms with Gasteiger partial charge in [0.2, 0.25) is 6.29 Å². The van der Waals surface area contributed by atoms with Gasteiger partial charge >= 0.3 is 11.9 Å². The van der Waals surface area contributed by atoms with Gasteiger partial charge in [-0.25, -0.2) is 9.78 Å². The number of aromatic nitrogens is 1. The highest BCUT2D eigenvalue weighted by atomic mass is 16.7. The van der Waals surface area contributed by atoms with Crippen molar-refractivity contribution in [3.05, 3.63) is 94.3 Å². The number of nitrogen functional groups attached to an aromatic ring is 1. The van der Waals surface area contributed by atoms with E-state index in [9.17, 15) is 19.2 Å². The first-order chi connectivity index (χ1) is 21.4. The summed E-state index contributed by atoms with van der Waals surface area (Å²) in [6, 6.07) is 13.4. The van der Waals surface area contributed by atoms with E-state index in [-0.39, 0.29) is 35.0 Å². The molecule has 0 bridgehead atoms. The molecule has 2 aromatic carbocycles. The average molecular weight is 611 g/mol. The summed E-state index contributed by atoms with van der Waals surface area (Å²) in [6.45, 7) is 11.0. The number of rotatable bonds is 13. The van der Waals surface area contributed by atoms with Crippen molar-refractivity contribution in [1.29, 1.82) is 5.41 Å². The highest BCUT2D eigenvalue weighted by Gasteiger charge is 2.27. The van der Waals surface area contributed by atoms with Crippen LogP contribution in [-0.2, 0) is 20.7 Å². The highest BCUT2D eigenvalue weighted by molar-refractivity contribution is 6.07. The van der Waals surface area contributed by atoms with E-state index < -0.39 is 30.1 Å². The Labute approximate surface area is 262 Å². The molecule has 1 atom stereocenters. The second-order valence-corrected chi connectivity index (χ2v) is 11.5. The molecule has 1 heterocycles. The molecule has 1 aliphatic rings. The Bertz CT molecular complexity index is 1660. The number of pyridine rings is 1. The maximum atomic E-state index is 13.8. The summed E-state index contributed by atoms with van der Waals surface area (Å²) in [6.07, 6.45) is 2.55. The Morgan fingerprint density at radius 2 is 1.73 bits per heavy atom. The quantitative estimate of drug-likeness (QED) is 0.0777. The van der Waals surface area contributed by atoms with Crippen molar-refractivity contribution in [3.63, 3.8) is 0 Å². The lowest BCUT2D eigenvalue weighted by molar-refractivity contribution is -0.169. The number of hydrogen-bond acceptors (Lipinski definition) is 8. The van der Waals surface area contributed by atoms with Crippen LogP contribution in [-0.4, -0.2) is 47.3 Å². The van der Waals surface area contributed by atoms with Crippen LogP contribution in [0.2, 0.25) is 0 Å². The number of amidine groups is 1. The predicted octanol–water partition coefficient (Wildman–Crippen LogP) is 5.25. The minimum absolute atomic E-state index is 0.0102. The summed E-state index contributed by atoms with van der Waals surface area (Å²) < 4.78 is 10.7. The lowest BCUT2D eigenvalue weighted by Crippen LogP contribution is -2.28. The summed E-state index contributed by atoms with van der Waals surface area (Å²) in [5.41, 5.74) is 9.16. The number of nitrogens with one attached hydrogen (secondary N) is 2. The fraction of sp³-hybridized carbons (Fsp3) is 0.314. The number of carbonyl (C=O) groups excluding carboxylic acids is 4. The molecule has 1 fully saturated rings. The van der Waals surface area contributed by atoms with E-state index >= 15 is 0 Å². The summed E-state index contributed by atoms with van der Waals surface area (Å²) >= 11 is 0. The Morgan fingerprint density at radius 1 is 1.04 bits per heavy atom. The van der Waals surface area contributed by atoms with Gasteiger partial charge < -0.3 is 20.5 Å². The minimum Gasteiger partial charge on any atom is -0.425 e. The lowest BCUT2D eigenvalue weighted by Gasteiger charge is -2.18. The van der Waals surface area contributed by atoms with Crippen LogP contribution in [0, 0.1) is 24.2 Å². The van der Waals surface area contributed by atoms with Crippen LogP contribution < -0.4 is 11.1 Å². The zero-order valence-electron chi connectivity index (χ0n) is 25.9. The van der Waals surface area contributed by atoms with Gasteiger partial charge in [-0.2, -0.15) is 0 Å². The third-order valence-corrected chi connectivity index (χ3v) is 7.44. The van der Waals surface area contributed by atoms with E-state index in [2.05, 4.69) is 16.9 Å². The van der Waals surface area contributed by atoms with Gasteiger partial charge in [0.25, 0.3) is 5.91 Å². The second kappa shape index (κ2) is 14.1. The van der Waals surface area contributed by atoms with Crippen molar-refractivity contribution in [2.24, 2.45) is 17.6 Å². The number of nitrogens with zero attached hydrogens (tertiary/aromatic N) is 1. The van der Waals surface area contributed by atoms with E-state index in [1.165, 1.54) is 13.0 Å². The third kappa shape index (κ3) is 8.29. The molecule has 1 unspecified atom stereocenters. The molecular formula is C35H38N4O6. The Hall–Kier alpha value is -5.12. The predicted molar refractivity (Wildman–Crippen MR) is 171 cm³/mol. The molecule has 1 aliphatic carbocycles. The molecule has 0 spiro atoms. The molecule has 3 aromatic rings. The Balaban J connectivity index is 1.76. The molecule has 1 amide bonds. The largest absolute Gasteiger partial charge is 0.425 e. The smallest absolute Gasteiger partial charge is 0.360 e. The first kappa shape index (κ1) is 32.8. The number of Topliss-reactive ketones (excluding diaryl/α,β-unsaturated/α-hetero) is 1. The highest BCUT2D eigenvalue weighted by Crippen LogP contribution is 2.32. The number of ether oxygens (including phenoxy) is 2. The van der Waals surface area contributed by atoms with E-state index in [4.69, 9.17) is 20.6 Å². The molecule has 0 aliphatic heterocycles. The molecule has 45 heavy (non-hydrogen) atoms. The molecule has 4 N–H and O–H groups in total. The van der Waals surface area contributed by atoms with Crippen molar-refractivity contribution in [1.82, 2.24) is 10.3 Å². The fourth-order valence-corrected chi connectivity index (χ4v) is 4.62. The van der Waals surface area contributed by atoms with Crippen LogP contribution in [0.1, 0.15) is 87.2 Å². The van der Waals surface area contributed by atoms with Gasteiger partial charge in [0.1, 0.15) is 11.5 Å². The van der Waals surface area contributed by atoms with Crippen LogP contribution >= 0.6 is 0 Å². The number of ketones is 1. The molecule has 0 saturated heterocycles. The first-order valence-corrected chi connectivity index (χ1v) is 14.8. The monoisotopic (exact) mass is 610 g/mol. The number of nitrogens with two attached hydrogens (primary N) is 1. The third-order valence-electron chi connectivity index (χ3n) is 7.44. The number of benzene rings is 2. The number of esters is 2. The maximum absolute atomic E-state index is 13.8. The first-order valence-electron chi connectivity index (χ1n) is 14.8. The van der Waals surface area contributed by atoms with Crippen LogP contribution in [0.3, 0.4) is 0 Å². The van der Waals surface area contributed by atoms with Crippen molar-refractivity contribution in [3.8, 4) is 11.1 Å². The minimum atomic E-state index is -1.22. The molecule has 234 valence electrons. The molecule has 0 radical (unpaired) electrons. The van der Waals surface area contributed by atoms with Crippen LogP contribution in [0.5, 0.6) is 0 Å². The van der Waals surface area contributed by atoms with Gasteiger partial charge in [-0.15, -0.1) is 0 Å². The fourth-order valence-electron chi connectivity index (χ4n) is 4.62. The lowest BCUT2D eigenvalue weighted by atomic mass is 9.89. The molecule has 10 nitrogen and oxygen atoms in total. The SMILES string of the molecule is C=Cc1cc(C(=O)Cc2ccc(C(=N)N)cc2)c(-c2ccc(C(=O)NCC3CC3)nc2C(=O)OC(C)OC(=O)C(C)C)cc1C. The van der Waals surface area contributed by atoms with Crippen LogP contribution in [0.15, 0.2) is 55.1 Å². The Morgan fingerprint density at radius 3 is 2.33 bits per heavy atom. The Kier molecular flexibility index (Phi) is 10.3. The number of hydrogen-bond donors (Lipinski definition) is 3. The standard InChI is InChI=1S/C35H38N4O6/c1-6-24-17-28(30(40)16-22-9-11-25(12-10-22)32(36)37)27(15-20(24)4)26-13-14-29(33(41)38-18-23-7-8-23)39-31(26)35(43)45-21(5)44-34(42)19(2)3/h6,9-15,17,19,21,23H,1,7-8,16,18H2,2-5H3,(H3,36,37)(H,38,41). The maximum Gasteiger partial charge on any atom is 0.360 e. The molecule has 10 heteroatoms. The molecule has 1 saturated carbocycles. The van der Waals surface area contributed by atoms with Gasteiger partial charge in [-0.1, -0.05) is 56.8 Å². The topological polar surface area (TPSA) is 162 Å². The van der Waals surface area contributed by atoms with Gasteiger partial charge in [-0.05, 0) is 66.1 Å². The zero-order valence-corrected chi connectivity index (χ0v) is 25.9. The zero-order chi connectivity index (χ0) is 32.8. The molecular weight excluding hydrogens is 572 g/mol. The van der Waals surface area contributed by atoms with Gasteiger partial charge in [-0.3, -0.25) is 19.8 Å². The second-order valence-electron chi connectivity index (χ2n) is 11.5. The average Bonchev–Trinajstić information content (AvgIpc) is 3.84. The number of carbonyl (C=O) groups is 4. The molecule has 4 rings (SSSR count). The molecule has 1 aromatic heterocycles. The number of amides is 1. The van der Waals surface area contributed by atoms with E-state index in [1.807, 2.05) is 6.92 Å². The summed E-state index contributed by atoms with van der Waals surface area (Å²) in [5.74, 6) is -2.22.